The van der Waals surface area contributed by atoms with Gasteiger partial charge in [-0.3, -0.25) is 4.79 Å². The van der Waals surface area contributed by atoms with Crippen LogP contribution in [0, 0.1) is 11.6 Å². The van der Waals surface area contributed by atoms with Gasteiger partial charge >= 0.3 is 0 Å². The third-order valence-corrected chi connectivity index (χ3v) is 6.88. The summed E-state index contributed by atoms with van der Waals surface area (Å²) < 4.78 is 58.0. The van der Waals surface area contributed by atoms with Crippen LogP contribution < -0.4 is 5.32 Å². The van der Waals surface area contributed by atoms with Crippen molar-refractivity contribution in [3.05, 3.63) is 54.1 Å². The third-order valence-electron chi connectivity index (χ3n) is 3.99. The average molecular weight is 428 g/mol. The van der Waals surface area contributed by atoms with E-state index in [0.717, 1.165) is 23.9 Å². The lowest BCUT2D eigenvalue weighted by molar-refractivity contribution is -0.113. The highest BCUT2D eigenvalue weighted by Crippen LogP contribution is 2.23. The van der Waals surface area contributed by atoms with Crippen LogP contribution in [0.1, 0.15) is 0 Å². The fourth-order valence-electron chi connectivity index (χ4n) is 2.58. The van der Waals surface area contributed by atoms with Crippen molar-refractivity contribution in [1.29, 1.82) is 0 Å². The summed E-state index contributed by atoms with van der Waals surface area (Å²) in [6, 6.07) is 9.38. The van der Waals surface area contributed by atoms with Gasteiger partial charge in [0.1, 0.15) is 0 Å². The van der Waals surface area contributed by atoms with Crippen molar-refractivity contribution in [2.45, 2.75) is 9.79 Å². The molecule has 0 saturated carbocycles. The molecule has 150 valence electrons. The maximum Gasteiger partial charge on any atom is 0.243 e. The first-order chi connectivity index (χ1) is 13.4. The number of ether oxygens (including phenoxy) is 1. The molecule has 2 aromatic rings. The molecule has 28 heavy (non-hydrogen) atoms. The standard InChI is InChI=1S/C18H18F2N2O4S2/c19-16-5-4-14(11-17(16)20)27-12-18(23)21-13-2-1-3-15(10-13)28(24,25)22-6-8-26-9-7-22/h1-5,10-11H,6-9,12H2,(H,21,23). The SMILES string of the molecule is O=C(CSc1ccc(F)c(F)c1)Nc1cccc(S(=O)(=O)N2CCOCC2)c1. The number of nitrogens with zero attached hydrogens (tertiary/aromatic N) is 1. The molecule has 1 heterocycles. The van der Waals surface area contributed by atoms with Crippen LogP contribution in [0.4, 0.5) is 14.5 Å². The zero-order valence-electron chi connectivity index (χ0n) is 14.7. The summed E-state index contributed by atoms with van der Waals surface area (Å²) in [5, 5.41) is 2.62. The first-order valence-electron chi connectivity index (χ1n) is 8.42. The lowest BCUT2D eigenvalue weighted by atomic mass is 10.3. The largest absolute Gasteiger partial charge is 0.379 e. The summed E-state index contributed by atoms with van der Waals surface area (Å²) >= 11 is 1.04. The molecule has 0 radical (unpaired) electrons. The van der Waals surface area contributed by atoms with Gasteiger partial charge in [-0.05, 0) is 36.4 Å². The molecule has 0 spiro atoms. The Kier molecular flexibility index (Phi) is 6.65. The zero-order chi connectivity index (χ0) is 20.1. The Morgan fingerprint density at radius 1 is 1.11 bits per heavy atom. The summed E-state index contributed by atoms with van der Waals surface area (Å²) in [4.78, 5) is 12.6. The number of rotatable bonds is 6. The first kappa shape index (κ1) is 20.7. The van der Waals surface area contributed by atoms with E-state index in [1.807, 2.05) is 0 Å². The molecule has 0 atom stereocenters. The van der Waals surface area contributed by atoms with Crippen molar-refractivity contribution in [1.82, 2.24) is 4.31 Å². The maximum atomic E-state index is 13.2. The van der Waals surface area contributed by atoms with Gasteiger partial charge in [-0.2, -0.15) is 4.31 Å². The van der Waals surface area contributed by atoms with Crippen molar-refractivity contribution >= 4 is 33.4 Å². The number of carbonyl (C=O) groups is 1. The van der Waals surface area contributed by atoms with Crippen molar-refractivity contribution in [2.24, 2.45) is 0 Å². The zero-order valence-corrected chi connectivity index (χ0v) is 16.4. The Morgan fingerprint density at radius 2 is 1.86 bits per heavy atom. The molecule has 0 aromatic heterocycles. The van der Waals surface area contributed by atoms with Crippen LogP contribution in [-0.2, 0) is 19.6 Å². The minimum atomic E-state index is -3.66. The van der Waals surface area contributed by atoms with E-state index in [1.54, 1.807) is 12.1 Å². The molecule has 1 aliphatic heterocycles. The van der Waals surface area contributed by atoms with E-state index < -0.39 is 27.6 Å². The van der Waals surface area contributed by atoms with Gasteiger partial charge in [0.25, 0.3) is 0 Å². The second-order valence-corrected chi connectivity index (χ2v) is 8.94. The van der Waals surface area contributed by atoms with Gasteiger partial charge in [0, 0.05) is 23.7 Å². The number of amides is 1. The van der Waals surface area contributed by atoms with E-state index in [1.165, 1.54) is 22.5 Å². The Balaban J connectivity index is 1.63. The molecular formula is C18H18F2N2O4S2. The van der Waals surface area contributed by atoms with Crippen molar-refractivity contribution in [3.8, 4) is 0 Å². The van der Waals surface area contributed by atoms with Gasteiger partial charge in [-0.25, -0.2) is 17.2 Å². The van der Waals surface area contributed by atoms with E-state index in [0.29, 0.717) is 23.8 Å². The number of anilines is 1. The lowest BCUT2D eigenvalue weighted by Crippen LogP contribution is -2.40. The van der Waals surface area contributed by atoms with Crippen LogP contribution in [0.5, 0.6) is 0 Å². The van der Waals surface area contributed by atoms with Crippen molar-refractivity contribution in [3.63, 3.8) is 0 Å². The number of halogens is 2. The van der Waals surface area contributed by atoms with Crippen LogP contribution >= 0.6 is 11.8 Å². The first-order valence-corrected chi connectivity index (χ1v) is 10.8. The summed E-state index contributed by atoms with van der Waals surface area (Å²) in [5.74, 6) is -2.36. The fourth-order valence-corrected chi connectivity index (χ4v) is 4.76. The summed E-state index contributed by atoms with van der Waals surface area (Å²) in [6.07, 6.45) is 0. The highest BCUT2D eigenvalue weighted by Gasteiger charge is 2.26. The second kappa shape index (κ2) is 8.99. The van der Waals surface area contributed by atoms with E-state index in [4.69, 9.17) is 4.74 Å². The summed E-state index contributed by atoms with van der Waals surface area (Å²) in [6.45, 7) is 1.25. The van der Waals surface area contributed by atoms with E-state index in [9.17, 15) is 22.0 Å². The van der Waals surface area contributed by atoms with E-state index in [-0.39, 0.29) is 23.7 Å². The van der Waals surface area contributed by atoms with Gasteiger partial charge < -0.3 is 10.1 Å². The predicted octanol–water partition coefficient (Wildman–Crippen LogP) is 2.72. The molecular weight excluding hydrogens is 410 g/mol. The number of benzene rings is 2. The van der Waals surface area contributed by atoms with Gasteiger partial charge in [0.05, 0.1) is 23.9 Å². The molecule has 10 heteroatoms. The molecule has 1 fully saturated rings. The van der Waals surface area contributed by atoms with Gasteiger partial charge in [0.15, 0.2) is 11.6 Å². The fraction of sp³-hybridized carbons (Fsp3) is 0.278. The monoisotopic (exact) mass is 428 g/mol. The molecule has 3 rings (SSSR count). The molecule has 6 nitrogen and oxygen atoms in total. The smallest absolute Gasteiger partial charge is 0.243 e. The molecule has 2 aromatic carbocycles. The summed E-state index contributed by atoms with van der Waals surface area (Å²) in [7, 11) is -3.66. The Bertz CT molecular complexity index is 964. The molecule has 0 unspecified atom stereocenters. The van der Waals surface area contributed by atoms with Crippen molar-refractivity contribution in [2.75, 3.05) is 37.4 Å². The minimum absolute atomic E-state index is 0.0362. The van der Waals surface area contributed by atoms with Crippen LogP contribution in [0.2, 0.25) is 0 Å². The third kappa shape index (κ3) is 5.07. The molecule has 1 saturated heterocycles. The highest BCUT2D eigenvalue weighted by atomic mass is 32.2. The number of morpholine rings is 1. The quantitative estimate of drug-likeness (QED) is 0.716. The predicted molar refractivity (Wildman–Crippen MR) is 102 cm³/mol. The molecule has 1 amide bonds. The Labute approximate surface area is 165 Å². The molecule has 1 aliphatic rings. The van der Waals surface area contributed by atoms with Crippen LogP contribution in [-0.4, -0.2) is 50.7 Å². The maximum absolute atomic E-state index is 13.2. The minimum Gasteiger partial charge on any atom is -0.379 e. The number of hydrogen-bond acceptors (Lipinski definition) is 5. The Hall–Kier alpha value is -2.01. The number of carbonyl (C=O) groups excluding carboxylic acids is 1. The summed E-state index contributed by atoms with van der Waals surface area (Å²) in [5.41, 5.74) is 0.338. The molecule has 0 bridgehead atoms. The van der Waals surface area contributed by atoms with Crippen molar-refractivity contribution < 1.29 is 26.7 Å². The second-order valence-electron chi connectivity index (χ2n) is 5.96. The normalized spacial score (nSPS) is 15.4. The average Bonchev–Trinajstić information content (AvgIpc) is 2.70. The van der Waals surface area contributed by atoms with Gasteiger partial charge in [-0.1, -0.05) is 6.07 Å². The topological polar surface area (TPSA) is 75.7 Å². The lowest BCUT2D eigenvalue weighted by Gasteiger charge is -2.26. The highest BCUT2D eigenvalue weighted by molar-refractivity contribution is 8.00. The molecule has 0 aliphatic carbocycles. The van der Waals surface area contributed by atoms with E-state index >= 15 is 0 Å². The number of nitrogens with one attached hydrogen (secondary N) is 1. The van der Waals surface area contributed by atoms with Gasteiger partial charge in [-0.15, -0.1) is 11.8 Å². The van der Waals surface area contributed by atoms with E-state index in [2.05, 4.69) is 5.32 Å². The number of thioether (sulfide) groups is 1. The van der Waals surface area contributed by atoms with Crippen LogP contribution in [0.15, 0.2) is 52.3 Å². The number of sulfonamides is 1. The van der Waals surface area contributed by atoms with Crippen LogP contribution in [0.3, 0.4) is 0 Å². The van der Waals surface area contributed by atoms with Gasteiger partial charge in [0.2, 0.25) is 15.9 Å². The molecule has 1 N–H and O–H groups in total. The van der Waals surface area contributed by atoms with Crippen LogP contribution in [0.25, 0.3) is 0 Å². The number of hydrogen-bond donors (Lipinski definition) is 1. The Morgan fingerprint density at radius 3 is 2.57 bits per heavy atom.